The summed E-state index contributed by atoms with van der Waals surface area (Å²) in [6, 6.07) is 52.6. The number of hydrogen-bond acceptors (Lipinski definition) is 4. The first-order valence-electron chi connectivity index (χ1n) is 17.5. The highest BCUT2D eigenvalue weighted by molar-refractivity contribution is 7.25. The number of hydrogen-bond donors (Lipinski definition) is 0. The van der Waals surface area contributed by atoms with Crippen LogP contribution in [-0.4, -0.2) is 4.98 Å². The van der Waals surface area contributed by atoms with Gasteiger partial charge in [-0.1, -0.05) is 111 Å². The third-order valence-corrected chi connectivity index (χ3v) is 12.2. The molecular weight excluding hydrogens is 643 g/mol. The number of fused-ring (bicyclic) bond motifs is 10. The Morgan fingerprint density at radius 3 is 2.24 bits per heavy atom. The summed E-state index contributed by atoms with van der Waals surface area (Å²) in [4.78, 5) is 4.94. The molecule has 0 bridgehead atoms. The molecular formula is C47H31NO2S. The Labute approximate surface area is 298 Å². The predicted molar refractivity (Wildman–Crippen MR) is 211 cm³/mol. The average Bonchev–Trinajstić information content (AvgIpc) is 3.91. The third kappa shape index (κ3) is 4.20. The van der Waals surface area contributed by atoms with Crippen molar-refractivity contribution in [2.45, 2.75) is 25.2 Å². The van der Waals surface area contributed by atoms with Gasteiger partial charge in [-0.25, -0.2) is 4.98 Å². The first kappa shape index (κ1) is 28.8. The van der Waals surface area contributed by atoms with Gasteiger partial charge in [0.2, 0.25) is 5.89 Å². The molecule has 0 saturated heterocycles. The topological polar surface area (TPSA) is 39.2 Å². The Morgan fingerprint density at radius 2 is 1.31 bits per heavy atom. The van der Waals surface area contributed by atoms with E-state index in [4.69, 9.17) is 13.8 Å². The van der Waals surface area contributed by atoms with Crippen LogP contribution in [0.1, 0.15) is 47.6 Å². The number of oxazole rings is 1. The molecule has 0 radical (unpaired) electrons. The molecule has 51 heavy (non-hydrogen) atoms. The van der Waals surface area contributed by atoms with Crippen molar-refractivity contribution >= 4 is 64.5 Å². The first-order valence-corrected chi connectivity index (χ1v) is 18.3. The first-order chi connectivity index (χ1) is 25.0. The van der Waals surface area contributed by atoms with E-state index in [1.807, 2.05) is 47.7 Å². The van der Waals surface area contributed by atoms with Gasteiger partial charge in [-0.15, -0.1) is 11.3 Å². The molecule has 3 heterocycles. The number of benzene rings is 7. The molecule has 0 fully saturated rings. The van der Waals surface area contributed by atoms with Crippen LogP contribution < -0.4 is 0 Å². The summed E-state index contributed by atoms with van der Waals surface area (Å²) < 4.78 is 15.5. The Bertz CT molecular complexity index is 3010. The number of thiophene rings is 1. The minimum Gasteiger partial charge on any atom is -0.456 e. The van der Waals surface area contributed by atoms with Gasteiger partial charge in [0.1, 0.15) is 16.7 Å². The Hall–Kier alpha value is -5.97. The average molecular weight is 674 g/mol. The van der Waals surface area contributed by atoms with E-state index in [-0.39, 0.29) is 11.3 Å². The second kappa shape index (κ2) is 10.5. The number of aromatic nitrogens is 1. The normalized spacial score (nSPS) is 14.2. The van der Waals surface area contributed by atoms with Gasteiger partial charge in [0.15, 0.2) is 5.58 Å². The molecule has 0 aliphatic heterocycles. The second-order valence-corrected chi connectivity index (χ2v) is 15.4. The fraction of sp³-hybridized carbons (Fsp3) is 0.0851. The van der Waals surface area contributed by atoms with Gasteiger partial charge >= 0.3 is 0 Å². The number of nitrogens with zero attached hydrogens (tertiary/aromatic N) is 1. The molecule has 3 nitrogen and oxygen atoms in total. The van der Waals surface area contributed by atoms with Crippen LogP contribution in [0.15, 0.2) is 154 Å². The van der Waals surface area contributed by atoms with Crippen molar-refractivity contribution < 1.29 is 8.83 Å². The number of furan rings is 1. The van der Waals surface area contributed by atoms with Crippen LogP contribution in [0.5, 0.6) is 0 Å². The maximum atomic E-state index is 6.62. The van der Waals surface area contributed by atoms with Gasteiger partial charge in [0.05, 0.1) is 0 Å². The van der Waals surface area contributed by atoms with E-state index in [0.29, 0.717) is 11.5 Å². The Morgan fingerprint density at radius 1 is 0.549 bits per heavy atom. The van der Waals surface area contributed by atoms with Gasteiger partial charge in [-0.05, 0) is 81.4 Å². The Kier molecular flexibility index (Phi) is 5.95. The molecule has 0 saturated carbocycles. The van der Waals surface area contributed by atoms with Crippen LogP contribution >= 0.6 is 11.3 Å². The second-order valence-electron chi connectivity index (χ2n) is 14.3. The molecule has 1 aliphatic rings. The zero-order chi connectivity index (χ0) is 33.8. The van der Waals surface area contributed by atoms with Crippen LogP contribution in [0, 0.1) is 0 Å². The van der Waals surface area contributed by atoms with Crippen LogP contribution in [0.2, 0.25) is 0 Å². The monoisotopic (exact) mass is 673 g/mol. The van der Waals surface area contributed by atoms with E-state index >= 15 is 0 Å². The lowest BCUT2D eigenvalue weighted by Crippen LogP contribution is -2.15. The van der Waals surface area contributed by atoms with Crippen LogP contribution in [0.4, 0.5) is 0 Å². The largest absolute Gasteiger partial charge is 0.456 e. The molecule has 7 aromatic carbocycles. The van der Waals surface area contributed by atoms with Gasteiger partial charge < -0.3 is 8.83 Å². The van der Waals surface area contributed by atoms with E-state index in [1.165, 1.54) is 59.1 Å². The molecule has 0 N–H and O–H groups in total. The highest BCUT2D eigenvalue weighted by Gasteiger charge is 2.36. The van der Waals surface area contributed by atoms with Crippen molar-refractivity contribution in [3.05, 3.63) is 173 Å². The molecule has 0 amide bonds. The lowest BCUT2D eigenvalue weighted by Gasteiger charge is -2.25. The van der Waals surface area contributed by atoms with E-state index in [1.54, 1.807) is 0 Å². The quantitative estimate of drug-likeness (QED) is 0.175. The molecule has 11 rings (SSSR count). The van der Waals surface area contributed by atoms with E-state index < -0.39 is 0 Å². The fourth-order valence-corrected chi connectivity index (χ4v) is 9.68. The van der Waals surface area contributed by atoms with Crippen LogP contribution in [0.25, 0.3) is 75.8 Å². The molecule has 1 atom stereocenters. The fourth-order valence-electron chi connectivity index (χ4n) is 8.60. The van der Waals surface area contributed by atoms with Crippen molar-refractivity contribution in [1.82, 2.24) is 4.98 Å². The zero-order valence-corrected chi connectivity index (χ0v) is 28.9. The van der Waals surface area contributed by atoms with Gasteiger partial charge in [0, 0.05) is 53.9 Å². The summed E-state index contributed by atoms with van der Waals surface area (Å²) in [6.07, 6.45) is 0. The van der Waals surface area contributed by atoms with E-state index in [9.17, 15) is 0 Å². The van der Waals surface area contributed by atoms with Crippen LogP contribution in [0.3, 0.4) is 0 Å². The summed E-state index contributed by atoms with van der Waals surface area (Å²) in [5, 5.41) is 4.76. The number of rotatable bonds is 4. The van der Waals surface area contributed by atoms with Crippen molar-refractivity contribution in [2.75, 3.05) is 0 Å². The highest BCUT2D eigenvalue weighted by atomic mass is 32.1. The summed E-state index contributed by atoms with van der Waals surface area (Å²) >= 11 is 1.86. The SMILES string of the molecule is CC1(C)c2ccccc2-c2ccc(C(c3ccc4sc5ccccc5c4c3)c3cccc4oc5cc6oc(-c7ccccc7)nc6cc5c34)cc21. The summed E-state index contributed by atoms with van der Waals surface area (Å²) in [5.74, 6) is 0.564. The molecule has 1 aliphatic carbocycles. The maximum absolute atomic E-state index is 6.62. The smallest absolute Gasteiger partial charge is 0.227 e. The van der Waals surface area contributed by atoms with Crippen molar-refractivity contribution in [3.63, 3.8) is 0 Å². The van der Waals surface area contributed by atoms with E-state index in [0.717, 1.165) is 33.0 Å². The third-order valence-electron chi connectivity index (χ3n) is 11.0. The van der Waals surface area contributed by atoms with E-state index in [2.05, 4.69) is 123 Å². The lowest BCUT2D eigenvalue weighted by atomic mass is 9.78. The Balaban J connectivity index is 1.17. The molecule has 10 aromatic rings. The van der Waals surface area contributed by atoms with Gasteiger partial charge in [0.25, 0.3) is 0 Å². The van der Waals surface area contributed by atoms with Gasteiger partial charge in [-0.2, -0.15) is 0 Å². The summed E-state index contributed by atoms with van der Waals surface area (Å²) in [6.45, 7) is 4.72. The minimum atomic E-state index is -0.108. The van der Waals surface area contributed by atoms with Crippen molar-refractivity contribution in [2.24, 2.45) is 0 Å². The molecule has 0 spiro atoms. The lowest BCUT2D eigenvalue weighted by molar-refractivity contribution is 0.617. The maximum Gasteiger partial charge on any atom is 0.227 e. The van der Waals surface area contributed by atoms with Gasteiger partial charge in [-0.3, -0.25) is 0 Å². The molecule has 242 valence electrons. The molecule has 4 heteroatoms. The summed E-state index contributed by atoms with van der Waals surface area (Å²) in [5.41, 5.74) is 13.2. The predicted octanol–water partition coefficient (Wildman–Crippen LogP) is 13.2. The van der Waals surface area contributed by atoms with Crippen LogP contribution in [-0.2, 0) is 5.41 Å². The summed E-state index contributed by atoms with van der Waals surface area (Å²) in [7, 11) is 0. The molecule has 1 unspecified atom stereocenters. The minimum absolute atomic E-state index is 0.0461. The van der Waals surface area contributed by atoms with Crippen molar-refractivity contribution in [1.29, 1.82) is 0 Å². The van der Waals surface area contributed by atoms with Crippen molar-refractivity contribution in [3.8, 4) is 22.6 Å². The standard InChI is InChI=1S/C47H31NO2S/c1-47(2)36-16-8-6-13-30(36)31-21-19-29(24-37(31)47)44(28-20-22-43-34(23-28)32-14-7-9-18-42(32)51-43)33-15-10-17-39-45(33)35-25-38-41(26-40(35)49-39)50-46(48-38)27-11-4-3-5-12-27/h3-26,44H,1-2H3. The molecule has 3 aromatic heterocycles. The highest BCUT2D eigenvalue weighted by Crippen LogP contribution is 2.51. The zero-order valence-electron chi connectivity index (χ0n) is 28.1.